The molecule has 6 aromatic rings. The van der Waals surface area contributed by atoms with E-state index in [-0.39, 0.29) is 34.9 Å². The van der Waals surface area contributed by atoms with E-state index < -0.39 is 34.5 Å². The van der Waals surface area contributed by atoms with Gasteiger partial charge < -0.3 is 45.2 Å². The molecule has 0 amide bonds. The number of methoxy groups -OCH3 is 4. The molecule has 1 aliphatic rings. The molecule has 2 atom stereocenters. The van der Waals surface area contributed by atoms with Crippen LogP contribution in [0.1, 0.15) is 119 Å². The second kappa shape index (κ2) is 17.7. The maximum atomic E-state index is 6.87. The maximum Gasteiger partial charge on any atom is 0.387 e. The van der Waals surface area contributed by atoms with Gasteiger partial charge in [0.05, 0.1) is 41.7 Å². The summed E-state index contributed by atoms with van der Waals surface area (Å²) in [6.07, 6.45) is -1.16. The van der Waals surface area contributed by atoms with Gasteiger partial charge in [0.25, 0.3) is 0 Å². The van der Waals surface area contributed by atoms with E-state index in [4.69, 9.17) is 54.3 Å². The van der Waals surface area contributed by atoms with Gasteiger partial charge in [-0.3, -0.25) is 9.05 Å². The van der Waals surface area contributed by atoms with Gasteiger partial charge in [-0.25, -0.2) is 0 Å². The van der Waals surface area contributed by atoms with Crippen LogP contribution < -0.4 is 28.0 Å². The Kier molecular flexibility index (Phi) is 13.3. The average molecular weight is 935 g/mol. The van der Waals surface area contributed by atoms with Crippen molar-refractivity contribution < 1.29 is 54.3 Å². The summed E-state index contributed by atoms with van der Waals surface area (Å²) in [7, 11) is 2.61. The molecular formula is C51H68O12P2. The summed E-state index contributed by atoms with van der Waals surface area (Å²) in [4.78, 5) is 0. The smallest absolute Gasteiger partial charge is 0.387 e. The van der Waals surface area contributed by atoms with Crippen LogP contribution in [0.2, 0.25) is 0 Å². The summed E-state index contributed by atoms with van der Waals surface area (Å²) >= 11 is 0. The van der Waals surface area contributed by atoms with Crippen molar-refractivity contribution in [1.82, 2.24) is 0 Å². The van der Waals surface area contributed by atoms with Crippen LogP contribution >= 0.6 is 16.5 Å². The first kappa shape index (κ1) is 48.6. The fourth-order valence-electron chi connectivity index (χ4n) is 8.20. The number of ether oxygens (including phenoxy) is 6. The lowest BCUT2D eigenvalue weighted by molar-refractivity contribution is -0.149. The second-order valence-electron chi connectivity index (χ2n) is 21.3. The predicted molar refractivity (Wildman–Crippen MR) is 260 cm³/mol. The minimum atomic E-state index is -2.04. The number of rotatable bonds is 10. The summed E-state index contributed by atoms with van der Waals surface area (Å²) in [6.45, 7) is 29.6. The van der Waals surface area contributed by atoms with E-state index in [1.165, 1.54) is 0 Å². The molecule has 3 heterocycles. The number of fused-ring (bicyclic) bond motifs is 6. The summed E-state index contributed by atoms with van der Waals surface area (Å²) in [5, 5.41) is 3.30. The average Bonchev–Trinajstić information content (AvgIpc) is 3.32. The SMILES string of the molecule is COc1cc(C(C)(C)C)c2op(OC[C@@H]3OC(C)(C)O[C@H]3COp3oc4c(C(C)(C)C)cc(OC)cc4c4cc(OC)cc(C(C)(C)C)c4o3)oc3c(C(C)(C)C)cc(OC)cc3c2c1. The van der Waals surface area contributed by atoms with Crippen molar-refractivity contribution in [2.24, 2.45) is 0 Å². The van der Waals surface area contributed by atoms with Gasteiger partial charge in [-0.05, 0) is 84.0 Å². The largest absolute Gasteiger partial charge is 0.497 e. The molecule has 1 saturated heterocycles. The third-order valence-electron chi connectivity index (χ3n) is 11.6. The summed E-state index contributed by atoms with van der Waals surface area (Å²) in [5.74, 6) is 1.87. The molecule has 7 rings (SSSR count). The summed E-state index contributed by atoms with van der Waals surface area (Å²) < 4.78 is 77.3. The molecule has 0 aliphatic carbocycles. The van der Waals surface area contributed by atoms with Crippen molar-refractivity contribution >= 4 is 60.4 Å². The Morgan fingerprint density at radius 2 is 0.646 bits per heavy atom. The molecule has 2 aromatic heterocycles. The lowest BCUT2D eigenvalue weighted by Gasteiger charge is -2.21. The lowest BCUT2D eigenvalue weighted by atomic mass is 9.84. The highest BCUT2D eigenvalue weighted by Gasteiger charge is 2.42. The van der Waals surface area contributed by atoms with Crippen molar-refractivity contribution in [2.45, 2.75) is 137 Å². The molecular weight excluding hydrogens is 866 g/mol. The summed E-state index contributed by atoms with van der Waals surface area (Å²) in [6, 6.07) is 16.0. The van der Waals surface area contributed by atoms with Crippen molar-refractivity contribution in [3.63, 3.8) is 0 Å². The van der Waals surface area contributed by atoms with Crippen LogP contribution in [0, 0.1) is 0 Å². The van der Waals surface area contributed by atoms with Crippen LogP contribution in [-0.2, 0) is 31.1 Å². The van der Waals surface area contributed by atoms with E-state index in [0.717, 1.165) is 43.8 Å². The van der Waals surface area contributed by atoms with E-state index in [0.29, 0.717) is 45.3 Å². The molecule has 65 heavy (non-hydrogen) atoms. The quantitative estimate of drug-likeness (QED) is 0.130. The topological polar surface area (TPSA) is 126 Å². The number of hydrogen-bond acceptors (Lipinski definition) is 12. The molecule has 354 valence electrons. The van der Waals surface area contributed by atoms with Gasteiger partial charge in [-0.1, -0.05) is 83.1 Å². The normalized spacial score (nSPS) is 17.0. The van der Waals surface area contributed by atoms with Gasteiger partial charge in [-0.2, -0.15) is 0 Å². The zero-order valence-corrected chi connectivity index (χ0v) is 43.3. The first-order valence-electron chi connectivity index (χ1n) is 22.1. The molecule has 0 unspecified atom stereocenters. The van der Waals surface area contributed by atoms with Gasteiger partial charge >= 0.3 is 16.5 Å². The van der Waals surface area contributed by atoms with Gasteiger partial charge in [0.15, 0.2) is 5.79 Å². The molecule has 1 aliphatic heterocycles. The zero-order valence-electron chi connectivity index (χ0n) is 41.5. The van der Waals surface area contributed by atoms with E-state index in [1.54, 1.807) is 28.4 Å². The Hall–Kier alpha value is -4.28. The molecule has 0 saturated carbocycles. The molecule has 0 bridgehead atoms. The van der Waals surface area contributed by atoms with Crippen LogP contribution in [0.4, 0.5) is 0 Å². The highest BCUT2D eigenvalue weighted by Crippen LogP contribution is 2.47. The van der Waals surface area contributed by atoms with Crippen LogP contribution in [0.25, 0.3) is 43.9 Å². The minimum Gasteiger partial charge on any atom is -0.497 e. The van der Waals surface area contributed by atoms with E-state index in [9.17, 15) is 0 Å². The third-order valence-corrected chi connectivity index (χ3v) is 13.7. The van der Waals surface area contributed by atoms with Crippen LogP contribution in [-0.4, -0.2) is 59.6 Å². The van der Waals surface area contributed by atoms with Crippen molar-refractivity contribution in [1.29, 1.82) is 0 Å². The molecule has 14 heteroatoms. The molecule has 0 spiro atoms. The van der Waals surface area contributed by atoms with Crippen molar-refractivity contribution in [2.75, 3.05) is 41.7 Å². The fraction of sp³-hybridized carbons (Fsp3) is 0.529. The number of hydrogen-bond donors (Lipinski definition) is 0. The summed E-state index contributed by atoms with van der Waals surface area (Å²) in [5.41, 5.74) is 5.12. The van der Waals surface area contributed by atoms with E-state index in [1.807, 2.05) is 62.4 Å². The third kappa shape index (κ3) is 10.2. The Labute approximate surface area is 385 Å². The van der Waals surface area contributed by atoms with Gasteiger partial charge in [0.2, 0.25) is 0 Å². The van der Waals surface area contributed by atoms with E-state index >= 15 is 0 Å². The molecule has 0 radical (unpaired) electrons. The predicted octanol–water partition coefficient (Wildman–Crippen LogP) is 14.2. The standard InChI is InChI=1S/C51H68O12P2/c1-47(2,3)37-23-29(52-15)19-33-34-20-30(53-16)24-38(48(4,5)6)44(34)61-64(60-43(33)37)56-27-41-42(59-51(13,14)58-41)28-57-65-62-45-35(21-31(54-17)25-39(45)49(7,8)9)36-22-32(55-18)26-40(46(36)63-65)50(10,11)12/h19-26,41-42H,27-28H2,1-18H3/t41-,42-/m0/s1. The second-order valence-corrected chi connectivity index (χ2v) is 23.5. The monoisotopic (exact) mass is 934 g/mol. The fourth-order valence-corrected chi connectivity index (χ4v) is 10.4. The molecule has 4 aromatic carbocycles. The highest BCUT2D eigenvalue weighted by molar-refractivity contribution is 7.32. The van der Waals surface area contributed by atoms with Crippen LogP contribution in [0.5, 0.6) is 23.0 Å². The van der Waals surface area contributed by atoms with Crippen molar-refractivity contribution in [3.8, 4) is 23.0 Å². The lowest BCUT2D eigenvalue weighted by Crippen LogP contribution is -2.33. The Bertz CT molecular complexity index is 2450. The minimum absolute atomic E-state index is 0.0725. The highest BCUT2D eigenvalue weighted by atomic mass is 31.1. The van der Waals surface area contributed by atoms with Crippen LogP contribution in [0.3, 0.4) is 0 Å². The Balaban J connectivity index is 1.34. The molecule has 0 N–H and O–H groups in total. The first-order valence-corrected chi connectivity index (χ1v) is 24.3. The van der Waals surface area contributed by atoms with Gasteiger partial charge in [0.1, 0.15) is 57.5 Å². The van der Waals surface area contributed by atoms with Gasteiger partial charge in [-0.15, -0.1) is 0 Å². The zero-order chi connectivity index (χ0) is 47.6. The molecule has 1 fully saturated rings. The van der Waals surface area contributed by atoms with Crippen LogP contribution in [0.15, 0.2) is 65.3 Å². The number of benzene rings is 4. The van der Waals surface area contributed by atoms with Crippen molar-refractivity contribution in [3.05, 3.63) is 70.8 Å². The first-order chi connectivity index (χ1) is 30.2. The Morgan fingerprint density at radius 3 is 0.846 bits per heavy atom. The Morgan fingerprint density at radius 1 is 0.415 bits per heavy atom. The maximum absolute atomic E-state index is 6.87. The molecule has 12 nitrogen and oxygen atoms in total. The van der Waals surface area contributed by atoms with Gasteiger partial charge in [0, 0.05) is 43.8 Å². The van der Waals surface area contributed by atoms with E-state index in [2.05, 4.69) is 83.1 Å².